The summed E-state index contributed by atoms with van der Waals surface area (Å²) in [6, 6.07) is 7.86. The van der Waals surface area contributed by atoms with Crippen molar-refractivity contribution in [3.8, 4) is 0 Å². The number of amides is 1. The number of aryl methyl sites for hydroxylation is 1. The molecule has 1 fully saturated rings. The fraction of sp³-hybridized carbons (Fsp3) is 0.471. The third kappa shape index (κ3) is 2.91. The summed E-state index contributed by atoms with van der Waals surface area (Å²) in [4.78, 5) is 14.4. The van der Waals surface area contributed by atoms with Crippen molar-refractivity contribution in [1.29, 1.82) is 0 Å². The van der Waals surface area contributed by atoms with Crippen LogP contribution in [0.2, 0.25) is 5.02 Å². The van der Waals surface area contributed by atoms with E-state index >= 15 is 0 Å². The summed E-state index contributed by atoms with van der Waals surface area (Å²) in [6.45, 7) is 1.85. The first-order valence-corrected chi connectivity index (χ1v) is 8.62. The number of halogens is 1. The van der Waals surface area contributed by atoms with Gasteiger partial charge in [0, 0.05) is 24.5 Å². The summed E-state index contributed by atoms with van der Waals surface area (Å²) in [5.74, 6) is 0.154. The van der Waals surface area contributed by atoms with Crippen LogP contribution in [-0.4, -0.2) is 45.0 Å². The molecule has 1 amide bonds. The smallest absolute Gasteiger partial charge is 0.222 e. The van der Waals surface area contributed by atoms with Crippen LogP contribution < -0.4 is 0 Å². The molecule has 0 saturated carbocycles. The molecule has 2 atom stereocenters. The summed E-state index contributed by atoms with van der Waals surface area (Å²) in [5, 5.41) is 8.85. The molecule has 1 aromatic heterocycles. The van der Waals surface area contributed by atoms with Crippen molar-refractivity contribution in [2.24, 2.45) is 0 Å². The zero-order valence-electron chi connectivity index (χ0n) is 13.3. The van der Waals surface area contributed by atoms with Crippen LogP contribution in [0.1, 0.15) is 30.1 Å². The Labute approximate surface area is 145 Å². The molecule has 4 rings (SSSR count). The molecule has 1 aromatic carbocycles. The van der Waals surface area contributed by atoms with E-state index in [9.17, 15) is 4.79 Å². The summed E-state index contributed by atoms with van der Waals surface area (Å²) < 4.78 is 7.87. The molecule has 0 unspecified atom stereocenters. The molecule has 126 valence electrons. The molecular weight excluding hydrogens is 328 g/mol. The van der Waals surface area contributed by atoms with Gasteiger partial charge in [-0.1, -0.05) is 35.0 Å². The Morgan fingerprint density at radius 2 is 2.25 bits per heavy atom. The third-order valence-corrected chi connectivity index (χ3v) is 5.22. The summed E-state index contributed by atoms with van der Waals surface area (Å²) in [7, 11) is 0. The number of carbonyl (C=O) groups is 1. The molecule has 0 radical (unpaired) electrons. The number of aromatic nitrogens is 3. The fourth-order valence-corrected chi connectivity index (χ4v) is 3.75. The van der Waals surface area contributed by atoms with Crippen LogP contribution in [0.3, 0.4) is 0 Å². The molecule has 24 heavy (non-hydrogen) atoms. The van der Waals surface area contributed by atoms with E-state index in [0.717, 1.165) is 29.2 Å². The van der Waals surface area contributed by atoms with E-state index in [4.69, 9.17) is 16.3 Å². The lowest BCUT2D eigenvalue weighted by molar-refractivity contribution is -0.139. The molecule has 6 nitrogen and oxygen atoms in total. The van der Waals surface area contributed by atoms with Crippen LogP contribution in [0.15, 0.2) is 30.5 Å². The average Bonchev–Trinajstić information content (AvgIpc) is 3.09. The second-order valence-electron chi connectivity index (χ2n) is 6.31. The predicted molar refractivity (Wildman–Crippen MR) is 88.6 cm³/mol. The molecule has 0 bridgehead atoms. The molecule has 7 heteroatoms. The van der Waals surface area contributed by atoms with Crippen molar-refractivity contribution >= 4 is 17.5 Å². The SMILES string of the molecule is O=C(CCc1ccccc1Cl)N1CC[C@H]2[C@H](C1)OCc1cnnn12. The van der Waals surface area contributed by atoms with Gasteiger partial charge in [0.05, 0.1) is 30.6 Å². The second-order valence-corrected chi connectivity index (χ2v) is 6.71. The predicted octanol–water partition coefficient (Wildman–Crippen LogP) is 2.24. The standard InChI is InChI=1S/C17H19ClN4O2/c18-14-4-2-1-3-12(14)5-6-17(23)21-8-7-15-16(10-21)24-11-13-9-19-20-22(13)15/h1-4,9,15-16H,5-8,10-11H2/t15-,16-/m0/s1. The zero-order chi connectivity index (χ0) is 16.5. The van der Waals surface area contributed by atoms with Gasteiger partial charge in [-0.15, -0.1) is 5.10 Å². The Morgan fingerprint density at radius 1 is 1.38 bits per heavy atom. The first kappa shape index (κ1) is 15.6. The van der Waals surface area contributed by atoms with Crippen LogP contribution >= 0.6 is 11.6 Å². The van der Waals surface area contributed by atoms with Gasteiger partial charge in [0.25, 0.3) is 0 Å². The number of fused-ring (bicyclic) bond motifs is 3. The number of piperidine rings is 1. The summed E-state index contributed by atoms with van der Waals surface area (Å²) in [6.07, 6.45) is 3.72. The minimum absolute atomic E-state index is 0.00258. The highest BCUT2D eigenvalue weighted by atomic mass is 35.5. The van der Waals surface area contributed by atoms with Crippen molar-refractivity contribution in [2.75, 3.05) is 13.1 Å². The van der Waals surface area contributed by atoms with Crippen molar-refractivity contribution in [1.82, 2.24) is 19.9 Å². The number of likely N-dealkylation sites (tertiary alicyclic amines) is 1. The van der Waals surface area contributed by atoms with Crippen LogP contribution in [0.25, 0.3) is 0 Å². The number of rotatable bonds is 3. The molecule has 2 aromatic rings. The molecule has 0 N–H and O–H groups in total. The molecule has 2 aliphatic heterocycles. The maximum atomic E-state index is 12.5. The lowest BCUT2D eigenvalue weighted by Gasteiger charge is -2.41. The lowest BCUT2D eigenvalue weighted by atomic mass is 9.99. The van der Waals surface area contributed by atoms with Crippen LogP contribution in [-0.2, 0) is 22.6 Å². The third-order valence-electron chi connectivity index (χ3n) is 4.85. The van der Waals surface area contributed by atoms with E-state index in [0.29, 0.717) is 26.0 Å². The number of nitrogens with zero attached hydrogens (tertiary/aromatic N) is 4. The summed E-state index contributed by atoms with van der Waals surface area (Å²) in [5.41, 5.74) is 2.03. The largest absolute Gasteiger partial charge is 0.368 e. The summed E-state index contributed by atoms with van der Waals surface area (Å²) >= 11 is 6.16. The molecule has 1 saturated heterocycles. The Bertz CT molecular complexity index is 748. The molecular formula is C17H19ClN4O2. The van der Waals surface area contributed by atoms with Gasteiger partial charge in [0.2, 0.25) is 5.91 Å². The average molecular weight is 347 g/mol. The molecule has 3 heterocycles. The van der Waals surface area contributed by atoms with Gasteiger partial charge in [0.1, 0.15) is 0 Å². The lowest BCUT2D eigenvalue weighted by Crippen LogP contribution is -2.50. The number of ether oxygens (including phenoxy) is 1. The molecule has 0 spiro atoms. The van der Waals surface area contributed by atoms with E-state index in [1.54, 1.807) is 6.20 Å². The number of carbonyl (C=O) groups excluding carboxylic acids is 1. The van der Waals surface area contributed by atoms with Gasteiger partial charge >= 0.3 is 0 Å². The van der Waals surface area contributed by atoms with Crippen molar-refractivity contribution in [2.45, 2.75) is 38.0 Å². The normalized spacial score (nSPS) is 22.8. The van der Waals surface area contributed by atoms with Crippen LogP contribution in [0.5, 0.6) is 0 Å². The Hall–Kier alpha value is -1.92. The zero-order valence-corrected chi connectivity index (χ0v) is 14.0. The maximum absolute atomic E-state index is 12.5. The minimum atomic E-state index is -0.00258. The number of hydrogen-bond donors (Lipinski definition) is 0. The molecule has 0 aliphatic carbocycles. The van der Waals surface area contributed by atoms with E-state index in [1.807, 2.05) is 33.8 Å². The van der Waals surface area contributed by atoms with E-state index < -0.39 is 0 Å². The second kappa shape index (κ2) is 6.53. The maximum Gasteiger partial charge on any atom is 0.222 e. The van der Waals surface area contributed by atoms with Gasteiger partial charge in [-0.2, -0.15) is 0 Å². The highest BCUT2D eigenvalue weighted by Gasteiger charge is 2.37. The van der Waals surface area contributed by atoms with E-state index in [1.165, 1.54) is 0 Å². The van der Waals surface area contributed by atoms with Crippen molar-refractivity contribution in [3.63, 3.8) is 0 Å². The van der Waals surface area contributed by atoms with Crippen LogP contribution in [0.4, 0.5) is 0 Å². The van der Waals surface area contributed by atoms with Gasteiger partial charge in [-0.05, 0) is 24.5 Å². The highest BCUT2D eigenvalue weighted by molar-refractivity contribution is 6.31. The van der Waals surface area contributed by atoms with Gasteiger partial charge < -0.3 is 9.64 Å². The van der Waals surface area contributed by atoms with Crippen LogP contribution in [0, 0.1) is 0 Å². The Morgan fingerprint density at radius 3 is 3.12 bits per heavy atom. The van der Waals surface area contributed by atoms with E-state index in [-0.39, 0.29) is 18.1 Å². The topological polar surface area (TPSA) is 60.3 Å². The Balaban J connectivity index is 1.37. The van der Waals surface area contributed by atoms with Gasteiger partial charge in [0.15, 0.2) is 0 Å². The van der Waals surface area contributed by atoms with Crippen molar-refractivity contribution in [3.05, 3.63) is 46.7 Å². The molecule has 2 aliphatic rings. The Kier molecular flexibility index (Phi) is 4.24. The van der Waals surface area contributed by atoms with Crippen molar-refractivity contribution < 1.29 is 9.53 Å². The monoisotopic (exact) mass is 346 g/mol. The minimum Gasteiger partial charge on any atom is -0.368 e. The van der Waals surface area contributed by atoms with Gasteiger partial charge in [-0.3, -0.25) is 4.79 Å². The fourth-order valence-electron chi connectivity index (χ4n) is 3.51. The number of benzene rings is 1. The van der Waals surface area contributed by atoms with E-state index in [2.05, 4.69) is 10.3 Å². The van der Waals surface area contributed by atoms with Gasteiger partial charge in [-0.25, -0.2) is 4.68 Å². The first-order chi connectivity index (χ1) is 11.7. The quantitative estimate of drug-likeness (QED) is 0.855. The first-order valence-electron chi connectivity index (χ1n) is 8.24. The highest BCUT2D eigenvalue weighted by Crippen LogP contribution is 2.30. The number of hydrogen-bond acceptors (Lipinski definition) is 4.